The first-order valence-electron chi connectivity index (χ1n) is 11.5. The van der Waals surface area contributed by atoms with Gasteiger partial charge in [-0.3, -0.25) is 4.79 Å². The van der Waals surface area contributed by atoms with E-state index in [1.54, 1.807) is 0 Å². The van der Waals surface area contributed by atoms with E-state index in [-0.39, 0.29) is 16.9 Å². The van der Waals surface area contributed by atoms with Crippen LogP contribution in [0.3, 0.4) is 0 Å². The lowest BCUT2D eigenvalue weighted by molar-refractivity contribution is -0.118. The van der Waals surface area contributed by atoms with Crippen molar-refractivity contribution in [3.05, 3.63) is 11.6 Å². The molecule has 4 aliphatic rings. The number of carbonyl (C=O) groups excluding carboxylic acids is 2. The zero-order chi connectivity index (χ0) is 19.9. The Morgan fingerprint density at radius 1 is 1.11 bits per heavy atom. The Hall–Kier alpha value is -1.32. The monoisotopic (exact) mass is 388 g/mol. The molecule has 6 atom stereocenters. The minimum atomic E-state index is -0.478. The number of hydrogen-bond donors (Lipinski definition) is 0. The highest BCUT2D eigenvalue weighted by Gasteiger charge is 2.60. The molecule has 4 rings (SSSR count). The van der Waals surface area contributed by atoms with Crippen LogP contribution in [0.2, 0.25) is 0 Å². The number of allylic oxidation sites excluding steroid dienone is 1. The van der Waals surface area contributed by atoms with Gasteiger partial charge >= 0.3 is 6.16 Å². The maximum atomic E-state index is 12.2. The van der Waals surface area contributed by atoms with Crippen LogP contribution in [0.25, 0.3) is 0 Å². The predicted molar refractivity (Wildman–Crippen MR) is 108 cm³/mol. The maximum Gasteiger partial charge on any atom is 0.508 e. The molecule has 3 fully saturated rings. The van der Waals surface area contributed by atoms with E-state index in [0.717, 1.165) is 44.9 Å². The Bertz CT molecular complexity index is 668. The van der Waals surface area contributed by atoms with E-state index < -0.39 is 6.16 Å². The first kappa shape index (κ1) is 20.0. The molecular formula is C24H36O4. The molecule has 28 heavy (non-hydrogen) atoms. The van der Waals surface area contributed by atoms with Gasteiger partial charge in [-0.25, -0.2) is 4.79 Å². The third-order valence-corrected chi connectivity index (χ3v) is 8.83. The lowest BCUT2D eigenvalue weighted by Crippen LogP contribution is -2.51. The van der Waals surface area contributed by atoms with Crippen molar-refractivity contribution in [2.75, 3.05) is 6.61 Å². The lowest BCUT2D eigenvalue weighted by Gasteiger charge is -2.57. The smallest absolute Gasteiger partial charge is 0.434 e. The fourth-order valence-corrected chi connectivity index (χ4v) is 7.15. The number of unbranched alkanes of at least 4 members (excludes halogenated alkanes) is 1. The number of ketones is 1. The van der Waals surface area contributed by atoms with E-state index in [4.69, 9.17) is 9.47 Å². The van der Waals surface area contributed by atoms with E-state index in [1.807, 2.05) is 6.08 Å². The summed E-state index contributed by atoms with van der Waals surface area (Å²) < 4.78 is 11.1. The van der Waals surface area contributed by atoms with Crippen LogP contribution in [0, 0.1) is 28.6 Å². The van der Waals surface area contributed by atoms with Crippen molar-refractivity contribution >= 4 is 11.9 Å². The topological polar surface area (TPSA) is 52.6 Å². The summed E-state index contributed by atoms with van der Waals surface area (Å²) in [5.74, 6) is 2.31. The lowest BCUT2D eigenvalue weighted by atomic mass is 9.47. The van der Waals surface area contributed by atoms with E-state index in [2.05, 4.69) is 20.8 Å². The summed E-state index contributed by atoms with van der Waals surface area (Å²) in [6.07, 6.45) is 11.8. The van der Waals surface area contributed by atoms with Crippen molar-refractivity contribution in [1.82, 2.24) is 0 Å². The molecule has 6 unspecified atom stereocenters. The first-order valence-corrected chi connectivity index (χ1v) is 11.5. The van der Waals surface area contributed by atoms with E-state index in [9.17, 15) is 9.59 Å². The van der Waals surface area contributed by atoms with Crippen LogP contribution < -0.4 is 0 Å². The average molecular weight is 389 g/mol. The standard InChI is InChI=1S/C24H36O4/c1-4-5-14-27-22(26)28-21-9-8-19-18-7-6-16-15-17(25)10-12-23(16,2)20(18)11-13-24(19,21)3/h15,18-21H,4-14H2,1-3H3. The number of fused-ring (bicyclic) bond motifs is 5. The minimum Gasteiger partial charge on any atom is -0.434 e. The van der Waals surface area contributed by atoms with Gasteiger partial charge in [-0.2, -0.15) is 0 Å². The van der Waals surface area contributed by atoms with Gasteiger partial charge in [0.25, 0.3) is 0 Å². The van der Waals surface area contributed by atoms with Crippen LogP contribution in [-0.2, 0) is 14.3 Å². The van der Waals surface area contributed by atoms with Gasteiger partial charge in [0.15, 0.2) is 5.78 Å². The highest BCUT2D eigenvalue weighted by molar-refractivity contribution is 5.91. The van der Waals surface area contributed by atoms with E-state index >= 15 is 0 Å². The van der Waals surface area contributed by atoms with Crippen LogP contribution in [0.1, 0.15) is 85.0 Å². The quantitative estimate of drug-likeness (QED) is 0.448. The summed E-state index contributed by atoms with van der Waals surface area (Å²) in [5, 5.41) is 0. The molecule has 4 heteroatoms. The summed E-state index contributed by atoms with van der Waals surface area (Å²) in [5.41, 5.74) is 1.70. The van der Waals surface area contributed by atoms with Crippen LogP contribution in [0.15, 0.2) is 11.6 Å². The third-order valence-electron chi connectivity index (χ3n) is 8.83. The van der Waals surface area contributed by atoms with Crippen LogP contribution in [-0.4, -0.2) is 24.6 Å². The van der Waals surface area contributed by atoms with Crippen molar-refractivity contribution in [2.24, 2.45) is 28.6 Å². The normalized spacial score (nSPS) is 42.1. The van der Waals surface area contributed by atoms with Crippen molar-refractivity contribution in [3.8, 4) is 0 Å². The highest BCUT2D eigenvalue weighted by Crippen LogP contribution is 2.65. The SMILES string of the molecule is CCCCOC(=O)OC1CCC2C3CCC4=CC(=O)CCC4(C)C3CCC12C. The molecule has 3 saturated carbocycles. The Morgan fingerprint density at radius 3 is 2.71 bits per heavy atom. The molecule has 0 bridgehead atoms. The Morgan fingerprint density at radius 2 is 1.93 bits per heavy atom. The Labute approximate surface area is 169 Å². The maximum absolute atomic E-state index is 12.2. The first-order chi connectivity index (χ1) is 13.4. The van der Waals surface area contributed by atoms with Crippen LogP contribution in [0.5, 0.6) is 0 Å². The predicted octanol–water partition coefficient (Wildman–Crippen LogP) is 5.84. The number of carbonyl (C=O) groups is 2. The molecule has 156 valence electrons. The summed E-state index contributed by atoms with van der Waals surface area (Å²) in [7, 11) is 0. The molecule has 4 nitrogen and oxygen atoms in total. The molecule has 0 spiro atoms. The van der Waals surface area contributed by atoms with Crippen molar-refractivity contribution < 1.29 is 19.1 Å². The molecule has 0 N–H and O–H groups in total. The van der Waals surface area contributed by atoms with Crippen LogP contribution in [0.4, 0.5) is 4.79 Å². The molecule has 0 heterocycles. The van der Waals surface area contributed by atoms with Crippen LogP contribution >= 0.6 is 0 Å². The van der Waals surface area contributed by atoms with Gasteiger partial charge in [-0.05, 0) is 80.6 Å². The molecule has 0 aromatic rings. The summed E-state index contributed by atoms with van der Waals surface area (Å²) in [6, 6.07) is 0. The third kappa shape index (κ3) is 3.21. The van der Waals surface area contributed by atoms with Gasteiger partial charge < -0.3 is 9.47 Å². The molecule has 0 aromatic heterocycles. The van der Waals surface area contributed by atoms with Crippen molar-refractivity contribution in [1.29, 1.82) is 0 Å². The Balaban J connectivity index is 1.47. The zero-order valence-corrected chi connectivity index (χ0v) is 17.8. The highest BCUT2D eigenvalue weighted by atomic mass is 16.7. The molecule has 0 aromatic carbocycles. The van der Waals surface area contributed by atoms with Gasteiger partial charge in [-0.15, -0.1) is 0 Å². The second kappa shape index (κ2) is 7.50. The van der Waals surface area contributed by atoms with Gasteiger partial charge in [0.2, 0.25) is 0 Å². The van der Waals surface area contributed by atoms with Gasteiger partial charge in [0.05, 0.1) is 6.61 Å². The summed E-state index contributed by atoms with van der Waals surface area (Å²) in [4.78, 5) is 24.1. The summed E-state index contributed by atoms with van der Waals surface area (Å²) in [6.45, 7) is 7.31. The number of rotatable bonds is 4. The van der Waals surface area contributed by atoms with Gasteiger partial charge in [0, 0.05) is 11.8 Å². The molecule has 0 aliphatic heterocycles. The Kier molecular flexibility index (Phi) is 5.35. The second-order valence-corrected chi connectivity index (χ2v) is 10.1. The van der Waals surface area contributed by atoms with E-state index in [1.165, 1.54) is 18.4 Å². The average Bonchev–Trinajstić information content (AvgIpc) is 2.99. The fraction of sp³-hybridized carbons (Fsp3) is 0.833. The summed E-state index contributed by atoms with van der Waals surface area (Å²) >= 11 is 0. The number of hydrogen-bond acceptors (Lipinski definition) is 4. The van der Waals surface area contributed by atoms with Crippen molar-refractivity contribution in [2.45, 2.75) is 91.1 Å². The fourth-order valence-electron chi connectivity index (χ4n) is 7.15. The van der Waals surface area contributed by atoms with Crippen molar-refractivity contribution in [3.63, 3.8) is 0 Å². The largest absolute Gasteiger partial charge is 0.508 e. The molecule has 0 saturated heterocycles. The minimum absolute atomic E-state index is 0.00902. The molecule has 0 radical (unpaired) electrons. The van der Waals surface area contributed by atoms with Gasteiger partial charge in [-0.1, -0.05) is 32.8 Å². The second-order valence-electron chi connectivity index (χ2n) is 10.1. The molecular weight excluding hydrogens is 352 g/mol. The van der Waals surface area contributed by atoms with E-state index in [0.29, 0.717) is 36.6 Å². The number of ether oxygens (including phenoxy) is 2. The van der Waals surface area contributed by atoms with Gasteiger partial charge in [0.1, 0.15) is 6.10 Å². The molecule has 4 aliphatic carbocycles. The zero-order valence-electron chi connectivity index (χ0n) is 17.8. The molecule has 0 amide bonds.